The lowest BCUT2D eigenvalue weighted by Gasteiger charge is -2.24. The molecule has 1 aliphatic carbocycles. The molecule has 1 nitrogen and oxygen atoms in total. The van der Waals surface area contributed by atoms with Gasteiger partial charge in [-0.1, -0.05) is 46.0 Å². The molecular weight excluding hydrogens is 172 g/mol. The van der Waals surface area contributed by atoms with Crippen molar-refractivity contribution in [2.75, 3.05) is 0 Å². The van der Waals surface area contributed by atoms with E-state index < -0.39 is 0 Å². The van der Waals surface area contributed by atoms with E-state index in [1.807, 2.05) is 0 Å². The molecule has 0 aromatic heterocycles. The third-order valence-corrected chi connectivity index (χ3v) is 3.33. The third kappa shape index (κ3) is 4.26. The second-order valence-corrected chi connectivity index (χ2v) is 5.27. The second kappa shape index (κ2) is 6.21. The van der Waals surface area contributed by atoms with Crippen molar-refractivity contribution in [2.24, 2.45) is 17.8 Å². The van der Waals surface area contributed by atoms with Crippen LogP contribution >= 0.6 is 0 Å². The number of aldehydes is 1. The average Bonchev–Trinajstić information content (AvgIpc) is 2.17. The summed E-state index contributed by atoms with van der Waals surface area (Å²) in [5, 5.41) is 0. The highest BCUT2D eigenvalue weighted by molar-refractivity contribution is 5.53. The minimum atomic E-state index is 0.332. The molecule has 0 radical (unpaired) electrons. The number of rotatable bonds is 5. The molecule has 1 fully saturated rings. The van der Waals surface area contributed by atoms with E-state index in [1.165, 1.54) is 38.4 Å². The van der Waals surface area contributed by atoms with E-state index in [-0.39, 0.29) is 0 Å². The van der Waals surface area contributed by atoms with Crippen molar-refractivity contribution in [1.82, 2.24) is 0 Å². The van der Waals surface area contributed by atoms with Gasteiger partial charge in [0, 0.05) is 5.92 Å². The van der Waals surface area contributed by atoms with Crippen LogP contribution in [0.5, 0.6) is 0 Å². The first-order valence-electron chi connectivity index (χ1n) is 6.17. The monoisotopic (exact) mass is 196 g/mol. The summed E-state index contributed by atoms with van der Waals surface area (Å²) in [6.45, 7) is 4.41. The first-order valence-corrected chi connectivity index (χ1v) is 6.17. The van der Waals surface area contributed by atoms with Crippen LogP contribution in [0.2, 0.25) is 0 Å². The largest absolute Gasteiger partial charge is 0.303 e. The highest BCUT2D eigenvalue weighted by atomic mass is 16.1. The molecular formula is C13H24O. The van der Waals surface area contributed by atoms with Crippen LogP contribution < -0.4 is 0 Å². The molecule has 0 amide bonds. The second-order valence-electron chi connectivity index (χ2n) is 5.27. The number of carbonyl (C=O) groups excluding carboxylic acids is 1. The van der Waals surface area contributed by atoms with Crippen LogP contribution in [-0.4, -0.2) is 6.29 Å². The van der Waals surface area contributed by atoms with Gasteiger partial charge in [-0.2, -0.15) is 0 Å². The minimum Gasteiger partial charge on any atom is -0.303 e. The average molecular weight is 196 g/mol. The Morgan fingerprint density at radius 1 is 1.21 bits per heavy atom. The Bertz CT molecular complexity index is 157. The van der Waals surface area contributed by atoms with Crippen LogP contribution in [0.3, 0.4) is 0 Å². The van der Waals surface area contributed by atoms with Gasteiger partial charge in [0.25, 0.3) is 0 Å². The Balaban J connectivity index is 2.27. The molecule has 0 aromatic rings. The molecule has 14 heavy (non-hydrogen) atoms. The zero-order chi connectivity index (χ0) is 10.4. The SMILES string of the molecule is CC(C)CC(C=O)CC1CCCCC1. The van der Waals surface area contributed by atoms with E-state index >= 15 is 0 Å². The molecule has 0 N–H and O–H groups in total. The van der Waals surface area contributed by atoms with Gasteiger partial charge in [0.05, 0.1) is 0 Å². The van der Waals surface area contributed by atoms with Crippen molar-refractivity contribution < 1.29 is 4.79 Å². The molecule has 1 rings (SSSR count). The maximum Gasteiger partial charge on any atom is 0.123 e. The predicted molar refractivity (Wildman–Crippen MR) is 60.2 cm³/mol. The predicted octanol–water partition coefficient (Wildman–Crippen LogP) is 3.82. The quantitative estimate of drug-likeness (QED) is 0.611. The summed E-state index contributed by atoms with van der Waals surface area (Å²) in [6, 6.07) is 0. The van der Waals surface area contributed by atoms with Crippen molar-refractivity contribution in [3.05, 3.63) is 0 Å². The van der Waals surface area contributed by atoms with Crippen molar-refractivity contribution in [3.63, 3.8) is 0 Å². The van der Waals surface area contributed by atoms with Crippen molar-refractivity contribution in [1.29, 1.82) is 0 Å². The van der Waals surface area contributed by atoms with Gasteiger partial charge in [-0.15, -0.1) is 0 Å². The first kappa shape index (κ1) is 11.7. The van der Waals surface area contributed by atoms with Crippen LogP contribution in [-0.2, 0) is 4.79 Å². The molecule has 1 saturated carbocycles. The molecule has 0 aromatic carbocycles. The fraction of sp³-hybridized carbons (Fsp3) is 0.923. The van der Waals surface area contributed by atoms with Gasteiger partial charge in [0.1, 0.15) is 6.29 Å². The molecule has 0 aliphatic heterocycles. The molecule has 1 unspecified atom stereocenters. The van der Waals surface area contributed by atoms with Crippen LogP contribution in [0.4, 0.5) is 0 Å². The molecule has 0 heterocycles. The maximum atomic E-state index is 10.9. The minimum absolute atomic E-state index is 0.332. The van der Waals surface area contributed by atoms with Crippen molar-refractivity contribution in [2.45, 2.75) is 58.8 Å². The summed E-state index contributed by atoms with van der Waals surface area (Å²) in [4.78, 5) is 10.9. The number of carbonyl (C=O) groups is 1. The van der Waals surface area contributed by atoms with E-state index in [1.54, 1.807) is 0 Å². The number of hydrogen-bond donors (Lipinski definition) is 0. The lowest BCUT2D eigenvalue weighted by Crippen LogP contribution is -2.14. The normalized spacial score (nSPS) is 21.1. The Labute approximate surface area is 88.3 Å². The van der Waals surface area contributed by atoms with Crippen LogP contribution in [0.25, 0.3) is 0 Å². The van der Waals surface area contributed by atoms with E-state index in [9.17, 15) is 4.79 Å². The lowest BCUT2D eigenvalue weighted by atomic mass is 9.81. The standard InChI is InChI=1S/C13H24O/c1-11(2)8-13(10-14)9-12-6-4-3-5-7-12/h10-13H,3-9H2,1-2H3. The van der Waals surface area contributed by atoms with Gasteiger partial charge in [0.2, 0.25) is 0 Å². The Kier molecular flexibility index (Phi) is 5.21. The van der Waals surface area contributed by atoms with Crippen LogP contribution in [0.15, 0.2) is 0 Å². The van der Waals surface area contributed by atoms with Gasteiger partial charge in [0.15, 0.2) is 0 Å². The topological polar surface area (TPSA) is 17.1 Å². The lowest BCUT2D eigenvalue weighted by molar-refractivity contribution is -0.112. The Hall–Kier alpha value is -0.330. The summed E-state index contributed by atoms with van der Waals surface area (Å²) in [7, 11) is 0. The fourth-order valence-corrected chi connectivity index (χ4v) is 2.66. The van der Waals surface area contributed by atoms with E-state index in [0.717, 1.165) is 18.8 Å². The molecule has 0 spiro atoms. The van der Waals surface area contributed by atoms with Crippen LogP contribution in [0, 0.1) is 17.8 Å². The maximum absolute atomic E-state index is 10.9. The molecule has 0 bridgehead atoms. The summed E-state index contributed by atoms with van der Waals surface area (Å²) >= 11 is 0. The van der Waals surface area contributed by atoms with Gasteiger partial charge in [-0.25, -0.2) is 0 Å². The van der Waals surface area contributed by atoms with Gasteiger partial charge in [-0.3, -0.25) is 0 Å². The summed E-state index contributed by atoms with van der Waals surface area (Å²) < 4.78 is 0. The van der Waals surface area contributed by atoms with E-state index in [4.69, 9.17) is 0 Å². The van der Waals surface area contributed by atoms with Crippen LogP contribution in [0.1, 0.15) is 58.8 Å². The first-order chi connectivity index (χ1) is 6.72. The molecule has 1 heteroatoms. The smallest absolute Gasteiger partial charge is 0.123 e. The van der Waals surface area contributed by atoms with Crippen molar-refractivity contribution >= 4 is 6.29 Å². The van der Waals surface area contributed by atoms with E-state index in [2.05, 4.69) is 13.8 Å². The summed E-state index contributed by atoms with van der Waals surface area (Å²) in [5.74, 6) is 1.84. The highest BCUT2D eigenvalue weighted by Crippen LogP contribution is 2.30. The molecule has 0 saturated heterocycles. The van der Waals surface area contributed by atoms with Gasteiger partial charge in [-0.05, 0) is 24.7 Å². The van der Waals surface area contributed by atoms with Gasteiger partial charge < -0.3 is 4.79 Å². The molecule has 1 aliphatic rings. The third-order valence-electron chi connectivity index (χ3n) is 3.33. The summed E-state index contributed by atoms with van der Waals surface area (Å²) in [5.41, 5.74) is 0. The Morgan fingerprint density at radius 2 is 1.86 bits per heavy atom. The zero-order valence-electron chi connectivity index (χ0n) is 9.67. The zero-order valence-corrected chi connectivity index (χ0v) is 9.67. The van der Waals surface area contributed by atoms with Crippen molar-refractivity contribution in [3.8, 4) is 0 Å². The van der Waals surface area contributed by atoms with Gasteiger partial charge >= 0.3 is 0 Å². The molecule has 82 valence electrons. The summed E-state index contributed by atoms with van der Waals surface area (Å²) in [6.07, 6.45) is 10.3. The highest BCUT2D eigenvalue weighted by Gasteiger charge is 2.19. The Morgan fingerprint density at radius 3 is 2.36 bits per heavy atom. The fourth-order valence-electron chi connectivity index (χ4n) is 2.66. The molecule has 1 atom stereocenters. The van der Waals surface area contributed by atoms with E-state index in [0.29, 0.717) is 11.8 Å². The number of hydrogen-bond acceptors (Lipinski definition) is 1.